The van der Waals surface area contributed by atoms with E-state index in [4.69, 9.17) is 0 Å². The van der Waals surface area contributed by atoms with E-state index in [0.29, 0.717) is 12.2 Å². The summed E-state index contributed by atoms with van der Waals surface area (Å²) in [5.74, 6) is -0.479. The van der Waals surface area contributed by atoms with Gasteiger partial charge in [-0.2, -0.15) is 0 Å². The van der Waals surface area contributed by atoms with Gasteiger partial charge in [0.1, 0.15) is 5.82 Å². The molecule has 0 aliphatic heterocycles. The van der Waals surface area contributed by atoms with E-state index >= 15 is 0 Å². The van der Waals surface area contributed by atoms with Gasteiger partial charge in [0.15, 0.2) is 0 Å². The van der Waals surface area contributed by atoms with Crippen molar-refractivity contribution in [2.24, 2.45) is 0 Å². The molecule has 0 fully saturated rings. The van der Waals surface area contributed by atoms with Gasteiger partial charge in [0, 0.05) is 18.7 Å². The number of aliphatic hydroxyl groups excluding tert-OH is 1. The van der Waals surface area contributed by atoms with Crippen molar-refractivity contribution in [1.82, 2.24) is 5.32 Å². The predicted octanol–water partition coefficient (Wildman–Crippen LogP) is 2.58. The average Bonchev–Trinajstić information content (AvgIpc) is 2.97. The summed E-state index contributed by atoms with van der Waals surface area (Å²) in [6.45, 7) is 0.464. The molecule has 5 heteroatoms. The number of amides is 1. The molecule has 1 amide bonds. The summed E-state index contributed by atoms with van der Waals surface area (Å²) in [5.41, 5.74) is 2.47. The second-order valence-corrected chi connectivity index (χ2v) is 6.13. The van der Waals surface area contributed by atoms with Crippen LogP contribution in [-0.4, -0.2) is 24.2 Å². The Balaban J connectivity index is 1.55. The number of rotatable bonds is 6. The fourth-order valence-corrected chi connectivity index (χ4v) is 3.26. The fourth-order valence-electron chi connectivity index (χ4n) is 3.26. The Hall–Kier alpha value is -2.24. The normalized spacial score (nSPS) is 19.1. The summed E-state index contributed by atoms with van der Waals surface area (Å²) in [6, 6.07) is 13.8. The molecule has 2 aromatic rings. The largest absolute Gasteiger partial charge is 0.394 e. The molecular weight excluding hydrogens is 307 g/mol. The number of halogens is 1. The first-order valence-corrected chi connectivity index (χ1v) is 8.13. The molecule has 3 rings (SSSR count). The minimum absolute atomic E-state index is 0.00357. The molecule has 0 aromatic heterocycles. The Labute approximate surface area is 140 Å². The highest BCUT2D eigenvalue weighted by atomic mass is 19.1. The van der Waals surface area contributed by atoms with E-state index in [1.165, 1.54) is 29.8 Å². The van der Waals surface area contributed by atoms with Crippen molar-refractivity contribution in [3.63, 3.8) is 0 Å². The SMILES string of the molecule is O=C(CCNC1(CO)CCc2ccccc21)Nc1ccc(F)cc1. The van der Waals surface area contributed by atoms with Crippen LogP contribution in [0.5, 0.6) is 0 Å². The lowest BCUT2D eigenvalue weighted by Crippen LogP contribution is -2.45. The van der Waals surface area contributed by atoms with Crippen LogP contribution in [0.4, 0.5) is 10.1 Å². The molecule has 1 aliphatic rings. The predicted molar refractivity (Wildman–Crippen MR) is 91.2 cm³/mol. The average molecular weight is 328 g/mol. The number of aryl methyl sites for hydroxylation is 1. The summed E-state index contributed by atoms with van der Waals surface area (Å²) >= 11 is 0. The van der Waals surface area contributed by atoms with Gasteiger partial charge in [0.2, 0.25) is 5.91 Å². The number of benzene rings is 2. The maximum Gasteiger partial charge on any atom is 0.225 e. The summed E-state index contributed by atoms with van der Waals surface area (Å²) < 4.78 is 12.9. The van der Waals surface area contributed by atoms with Crippen molar-refractivity contribution in [3.8, 4) is 0 Å². The Bertz CT molecular complexity index is 718. The van der Waals surface area contributed by atoms with E-state index in [1.54, 1.807) is 0 Å². The first-order valence-electron chi connectivity index (χ1n) is 8.13. The molecule has 24 heavy (non-hydrogen) atoms. The van der Waals surface area contributed by atoms with Crippen LogP contribution >= 0.6 is 0 Å². The minimum atomic E-state index is -0.466. The Morgan fingerprint density at radius 2 is 1.92 bits per heavy atom. The number of hydrogen-bond acceptors (Lipinski definition) is 3. The van der Waals surface area contributed by atoms with Gasteiger partial charge < -0.3 is 15.7 Å². The van der Waals surface area contributed by atoms with Crippen LogP contribution in [0.2, 0.25) is 0 Å². The second-order valence-electron chi connectivity index (χ2n) is 6.13. The zero-order chi connectivity index (χ0) is 17.0. The molecule has 3 N–H and O–H groups in total. The van der Waals surface area contributed by atoms with Gasteiger partial charge in [-0.05, 0) is 48.2 Å². The molecule has 0 heterocycles. The molecule has 126 valence electrons. The Kier molecular flexibility index (Phi) is 4.92. The van der Waals surface area contributed by atoms with Gasteiger partial charge in [-0.25, -0.2) is 4.39 Å². The van der Waals surface area contributed by atoms with E-state index in [1.807, 2.05) is 18.2 Å². The van der Waals surface area contributed by atoms with Crippen LogP contribution in [0.1, 0.15) is 24.0 Å². The van der Waals surface area contributed by atoms with Crippen molar-refractivity contribution in [1.29, 1.82) is 0 Å². The molecule has 1 atom stereocenters. The van der Waals surface area contributed by atoms with E-state index in [9.17, 15) is 14.3 Å². The number of aliphatic hydroxyl groups is 1. The molecule has 0 saturated heterocycles. The maximum absolute atomic E-state index is 12.9. The highest BCUT2D eigenvalue weighted by molar-refractivity contribution is 5.90. The lowest BCUT2D eigenvalue weighted by Gasteiger charge is -2.29. The topological polar surface area (TPSA) is 61.4 Å². The van der Waals surface area contributed by atoms with Crippen LogP contribution in [0, 0.1) is 5.82 Å². The first-order chi connectivity index (χ1) is 11.6. The molecule has 2 aromatic carbocycles. The van der Waals surface area contributed by atoms with Crippen molar-refractivity contribution >= 4 is 11.6 Å². The van der Waals surface area contributed by atoms with Gasteiger partial charge in [-0.1, -0.05) is 24.3 Å². The smallest absolute Gasteiger partial charge is 0.225 e. The van der Waals surface area contributed by atoms with Crippen molar-refractivity contribution in [2.45, 2.75) is 24.8 Å². The molecule has 0 saturated carbocycles. The van der Waals surface area contributed by atoms with E-state index in [2.05, 4.69) is 16.7 Å². The summed E-state index contributed by atoms with van der Waals surface area (Å²) in [5, 5.41) is 16.0. The van der Waals surface area contributed by atoms with E-state index in [-0.39, 0.29) is 24.8 Å². The number of hydrogen-bond donors (Lipinski definition) is 3. The third kappa shape index (κ3) is 3.47. The van der Waals surface area contributed by atoms with Gasteiger partial charge in [-0.15, -0.1) is 0 Å². The molecule has 0 spiro atoms. The van der Waals surface area contributed by atoms with Crippen LogP contribution in [0.15, 0.2) is 48.5 Å². The number of nitrogens with one attached hydrogen (secondary N) is 2. The van der Waals surface area contributed by atoms with Gasteiger partial charge in [-0.3, -0.25) is 4.79 Å². The van der Waals surface area contributed by atoms with Crippen molar-refractivity contribution in [3.05, 3.63) is 65.5 Å². The highest BCUT2D eigenvalue weighted by Crippen LogP contribution is 2.36. The number of fused-ring (bicyclic) bond motifs is 1. The molecule has 1 aliphatic carbocycles. The Morgan fingerprint density at radius 3 is 2.67 bits per heavy atom. The third-order valence-electron chi connectivity index (χ3n) is 4.57. The second kappa shape index (κ2) is 7.11. The van der Waals surface area contributed by atoms with Crippen LogP contribution in [-0.2, 0) is 16.8 Å². The van der Waals surface area contributed by atoms with E-state index < -0.39 is 5.54 Å². The van der Waals surface area contributed by atoms with Crippen LogP contribution in [0.25, 0.3) is 0 Å². The molecule has 0 bridgehead atoms. The lowest BCUT2D eigenvalue weighted by molar-refractivity contribution is -0.116. The lowest BCUT2D eigenvalue weighted by atomic mass is 9.92. The van der Waals surface area contributed by atoms with Gasteiger partial charge in [0.25, 0.3) is 0 Å². The van der Waals surface area contributed by atoms with Crippen LogP contribution < -0.4 is 10.6 Å². The fraction of sp³-hybridized carbons (Fsp3) is 0.316. The molecular formula is C19H21FN2O2. The summed E-state index contributed by atoms with van der Waals surface area (Å²) in [7, 11) is 0. The van der Waals surface area contributed by atoms with Crippen molar-refractivity contribution < 1.29 is 14.3 Å². The highest BCUT2D eigenvalue weighted by Gasteiger charge is 2.37. The van der Waals surface area contributed by atoms with Crippen molar-refractivity contribution in [2.75, 3.05) is 18.5 Å². The number of carbonyl (C=O) groups is 1. The standard InChI is InChI=1S/C19H21FN2O2/c20-15-5-7-16(8-6-15)22-18(24)10-12-21-19(13-23)11-9-14-3-1-2-4-17(14)19/h1-8,21,23H,9-13H2,(H,22,24). The van der Waals surface area contributed by atoms with Gasteiger partial charge >= 0.3 is 0 Å². The van der Waals surface area contributed by atoms with E-state index in [0.717, 1.165) is 18.4 Å². The van der Waals surface area contributed by atoms with Gasteiger partial charge in [0.05, 0.1) is 12.1 Å². The summed E-state index contributed by atoms with van der Waals surface area (Å²) in [6.07, 6.45) is 2.02. The zero-order valence-corrected chi connectivity index (χ0v) is 13.4. The first kappa shape index (κ1) is 16.6. The quantitative estimate of drug-likeness (QED) is 0.764. The minimum Gasteiger partial charge on any atom is -0.394 e. The van der Waals surface area contributed by atoms with Crippen LogP contribution in [0.3, 0.4) is 0 Å². The monoisotopic (exact) mass is 328 g/mol. The summed E-state index contributed by atoms with van der Waals surface area (Å²) in [4.78, 5) is 12.0. The Morgan fingerprint density at radius 1 is 1.17 bits per heavy atom. The third-order valence-corrected chi connectivity index (χ3v) is 4.57. The maximum atomic E-state index is 12.9. The molecule has 1 unspecified atom stereocenters. The number of anilines is 1. The zero-order valence-electron chi connectivity index (χ0n) is 13.4. The number of carbonyl (C=O) groups excluding carboxylic acids is 1. The molecule has 0 radical (unpaired) electrons. The molecule has 4 nitrogen and oxygen atoms in total.